The molecule has 2 aromatic heterocycles. The fourth-order valence-corrected chi connectivity index (χ4v) is 5.63. The summed E-state index contributed by atoms with van der Waals surface area (Å²) in [4.78, 5) is 18.9. The molecule has 1 aliphatic rings. The van der Waals surface area contributed by atoms with Crippen LogP contribution in [-0.4, -0.2) is 36.1 Å². The molecule has 0 spiro atoms. The van der Waals surface area contributed by atoms with Gasteiger partial charge in [0.25, 0.3) is 5.56 Å². The van der Waals surface area contributed by atoms with E-state index in [1.165, 1.54) is 36.0 Å². The number of tetrazole rings is 1. The van der Waals surface area contributed by atoms with Gasteiger partial charge in [-0.25, -0.2) is 4.68 Å². The zero-order chi connectivity index (χ0) is 25.1. The Bertz CT molecular complexity index is 1370. The summed E-state index contributed by atoms with van der Waals surface area (Å²) < 4.78 is 1.93. The number of aryl methyl sites for hydroxylation is 2. The number of fused-ring (bicyclic) bond motifs is 1. The lowest BCUT2D eigenvalue weighted by molar-refractivity contribution is 0.0844. The number of nitrogens with one attached hydrogen (secondary N) is 1. The van der Waals surface area contributed by atoms with E-state index < -0.39 is 0 Å². The van der Waals surface area contributed by atoms with E-state index in [1.54, 1.807) is 0 Å². The Labute approximate surface area is 212 Å². The van der Waals surface area contributed by atoms with E-state index in [2.05, 4.69) is 76.5 Å². The van der Waals surface area contributed by atoms with Crippen molar-refractivity contribution < 1.29 is 0 Å². The van der Waals surface area contributed by atoms with Crippen molar-refractivity contribution in [2.45, 2.75) is 84.5 Å². The first kappa shape index (κ1) is 24.4. The lowest BCUT2D eigenvalue weighted by Crippen LogP contribution is -2.41. The van der Waals surface area contributed by atoms with Crippen molar-refractivity contribution in [3.63, 3.8) is 0 Å². The summed E-state index contributed by atoms with van der Waals surface area (Å²) in [5.74, 6) is 0.871. The number of pyridine rings is 1. The molecule has 188 valence electrons. The summed E-state index contributed by atoms with van der Waals surface area (Å²) in [6.07, 6.45) is 6.87. The number of aromatic amines is 1. The van der Waals surface area contributed by atoms with Crippen LogP contribution in [0.15, 0.2) is 53.3 Å². The molecule has 4 aromatic rings. The molecule has 1 aliphatic carbocycles. The number of nitrogens with zero attached hydrogens (tertiary/aromatic N) is 5. The first-order chi connectivity index (χ1) is 17.5. The first-order valence-corrected chi connectivity index (χ1v) is 13.2. The smallest absolute Gasteiger partial charge is 0.252 e. The van der Waals surface area contributed by atoms with Gasteiger partial charge in [0.2, 0.25) is 0 Å². The summed E-state index contributed by atoms with van der Waals surface area (Å²) in [5, 5.41) is 14.0. The second kappa shape index (κ2) is 10.7. The van der Waals surface area contributed by atoms with Crippen molar-refractivity contribution in [1.29, 1.82) is 0 Å². The SMILES string of the molecule is CC[C@@H](c1nnnn1Cc1ccccc1)N(Cc1cc2cc(C)c(C)cc2[nH]c1=O)C1CCCCC1. The van der Waals surface area contributed by atoms with Gasteiger partial charge in [-0.05, 0) is 83.8 Å². The Morgan fingerprint density at radius 2 is 1.81 bits per heavy atom. The topological polar surface area (TPSA) is 79.7 Å². The summed E-state index contributed by atoms with van der Waals surface area (Å²) in [6.45, 7) is 7.61. The summed E-state index contributed by atoms with van der Waals surface area (Å²) in [6, 6.07) is 17.1. The molecular formula is C29H36N6O. The number of hydrogen-bond donors (Lipinski definition) is 1. The third kappa shape index (κ3) is 5.12. The highest BCUT2D eigenvalue weighted by molar-refractivity contribution is 5.80. The standard InChI is InChI=1S/C29H36N6O/c1-4-27(28-31-32-33-35(28)18-22-11-7-5-8-12-22)34(25-13-9-6-10-14-25)19-24-17-23-15-20(2)21(3)16-26(23)30-29(24)36/h5,7-8,11-12,15-17,25,27H,4,6,9-10,13-14,18-19H2,1-3H3,(H,30,36)/t27-/m0/s1. The second-order valence-electron chi connectivity index (χ2n) is 10.2. The van der Waals surface area contributed by atoms with Crippen LogP contribution >= 0.6 is 0 Å². The van der Waals surface area contributed by atoms with Crippen molar-refractivity contribution in [1.82, 2.24) is 30.1 Å². The fourth-order valence-electron chi connectivity index (χ4n) is 5.63. The zero-order valence-electron chi connectivity index (χ0n) is 21.6. The Morgan fingerprint density at radius 3 is 2.56 bits per heavy atom. The molecule has 7 nitrogen and oxygen atoms in total. The van der Waals surface area contributed by atoms with Crippen molar-refractivity contribution >= 4 is 10.9 Å². The third-order valence-electron chi connectivity index (χ3n) is 7.75. The number of H-pyrrole nitrogens is 1. The van der Waals surface area contributed by atoms with Crippen molar-refractivity contribution in [2.24, 2.45) is 0 Å². The molecule has 0 amide bonds. The highest BCUT2D eigenvalue weighted by atomic mass is 16.1. The maximum absolute atomic E-state index is 13.2. The minimum atomic E-state index is -0.00899. The van der Waals surface area contributed by atoms with Gasteiger partial charge in [-0.2, -0.15) is 0 Å². The molecule has 1 saturated carbocycles. The summed E-state index contributed by atoms with van der Waals surface area (Å²) in [7, 11) is 0. The minimum Gasteiger partial charge on any atom is -0.322 e. The number of benzene rings is 2. The average Bonchev–Trinajstić information content (AvgIpc) is 3.34. The van der Waals surface area contributed by atoms with Gasteiger partial charge in [0.15, 0.2) is 5.82 Å². The van der Waals surface area contributed by atoms with Gasteiger partial charge in [0, 0.05) is 23.7 Å². The van der Waals surface area contributed by atoms with Gasteiger partial charge in [0.05, 0.1) is 12.6 Å². The van der Waals surface area contributed by atoms with Crippen LogP contribution in [0.4, 0.5) is 0 Å². The van der Waals surface area contributed by atoms with Crippen molar-refractivity contribution in [2.75, 3.05) is 0 Å². The van der Waals surface area contributed by atoms with Gasteiger partial charge >= 0.3 is 0 Å². The van der Waals surface area contributed by atoms with Crippen LogP contribution in [0.25, 0.3) is 10.9 Å². The highest BCUT2D eigenvalue weighted by Crippen LogP contribution is 2.33. The molecule has 7 heteroatoms. The lowest BCUT2D eigenvalue weighted by atomic mass is 9.92. The molecule has 0 unspecified atom stereocenters. The largest absolute Gasteiger partial charge is 0.322 e. The van der Waals surface area contributed by atoms with Crippen LogP contribution in [0, 0.1) is 13.8 Å². The van der Waals surface area contributed by atoms with Crippen molar-refractivity contribution in [3.8, 4) is 0 Å². The number of aromatic nitrogens is 5. The maximum atomic E-state index is 13.2. The molecule has 0 aliphatic heterocycles. The van der Waals surface area contributed by atoms with Gasteiger partial charge < -0.3 is 4.98 Å². The lowest BCUT2D eigenvalue weighted by Gasteiger charge is -2.39. The summed E-state index contributed by atoms with van der Waals surface area (Å²) >= 11 is 0. The molecule has 0 radical (unpaired) electrons. The van der Waals surface area contributed by atoms with E-state index in [1.807, 2.05) is 22.9 Å². The average molecular weight is 485 g/mol. The quantitative estimate of drug-likeness (QED) is 0.359. The van der Waals surface area contributed by atoms with Crippen LogP contribution in [0.3, 0.4) is 0 Å². The maximum Gasteiger partial charge on any atom is 0.252 e. The number of rotatable bonds is 8. The van der Waals surface area contributed by atoms with Crippen LogP contribution < -0.4 is 5.56 Å². The molecule has 36 heavy (non-hydrogen) atoms. The third-order valence-corrected chi connectivity index (χ3v) is 7.75. The molecule has 1 fully saturated rings. The van der Waals surface area contributed by atoms with E-state index in [0.717, 1.165) is 41.6 Å². The second-order valence-corrected chi connectivity index (χ2v) is 10.2. The Morgan fingerprint density at radius 1 is 1.06 bits per heavy atom. The molecule has 5 rings (SSSR count). The predicted octanol–water partition coefficient (Wildman–Crippen LogP) is 5.47. The molecule has 0 bridgehead atoms. The van der Waals surface area contributed by atoms with Crippen LogP contribution in [0.2, 0.25) is 0 Å². The van der Waals surface area contributed by atoms with Gasteiger partial charge in [-0.1, -0.05) is 56.5 Å². The minimum absolute atomic E-state index is 0.00899. The van der Waals surface area contributed by atoms with Gasteiger partial charge in [-0.15, -0.1) is 5.10 Å². The van der Waals surface area contributed by atoms with Crippen LogP contribution in [-0.2, 0) is 13.1 Å². The Kier molecular flexibility index (Phi) is 7.28. The molecule has 2 aromatic carbocycles. The Balaban J connectivity index is 1.51. The molecule has 1 atom stereocenters. The van der Waals surface area contributed by atoms with Gasteiger partial charge in [-0.3, -0.25) is 9.69 Å². The molecular weight excluding hydrogens is 448 g/mol. The van der Waals surface area contributed by atoms with E-state index in [-0.39, 0.29) is 11.6 Å². The van der Waals surface area contributed by atoms with E-state index in [0.29, 0.717) is 19.1 Å². The monoisotopic (exact) mass is 484 g/mol. The molecule has 1 N–H and O–H groups in total. The van der Waals surface area contributed by atoms with Gasteiger partial charge in [0.1, 0.15) is 0 Å². The Hall–Kier alpha value is -3.32. The van der Waals surface area contributed by atoms with Crippen molar-refractivity contribution in [3.05, 3.63) is 87.0 Å². The zero-order valence-corrected chi connectivity index (χ0v) is 21.6. The summed E-state index contributed by atoms with van der Waals surface area (Å²) in [5.41, 5.74) is 5.28. The first-order valence-electron chi connectivity index (χ1n) is 13.2. The molecule has 0 saturated heterocycles. The van der Waals surface area contributed by atoms with Crippen LogP contribution in [0.1, 0.15) is 79.6 Å². The van der Waals surface area contributed by atoms with Crippen LogP contribution in [0.5, 0.6) is 0 Å². The highest BCUT2D eigenvalue weighted by Gasteiger charge is 2.32. The van der Waals surface area contributed by atoms with E-state index >= 15 is 0 Å². The number of hydrogen-bond acceptors (Lipinski definition) is 5. The van der Waals surface area contributed by atoms with E-state index in [4.69, 9.17) is 0 Å². The normalized spacial score (nSPS) is 15.6. The predicted molar refractivity (Wildman–Crippen MR) is 143 cm³/mol. The fraction of sp³-hybridized carbons (Fsp3) is 0.448. The molecule has 2 heterocycles. The van der Waals surface area contributed by atoms with E-state index in [9.17, 15) is 4.79 Å².